The maximum atomic E-state index is 13.2. The highest BCUT2D eigenvalue weighted by Crippen LogP contribution is 2.40. The molecule has 152 valence electrons. The Labute approximate surface area is 169 Å². The molecule has 0 aromatic heterocycles. The Morgan fingerprint density at radius 1 is 1.17 bits per heavy atom. The van der Waals surface area contributed by atoms with Gasteiger partial charge in [-0.05, 0) is 18.7 Å². The van der Waals surface area contributed by atoms with E-state index in [-0.39, 0.29) is 12.5 Å². The van der Waals surface area contributed by atoms with Crippen LogP contribution in [0.25, 0.3) is 0 Å². The monoisotopic (exact) mass is 395 g/mol. The van der Waals surface area contributed by atoms with E-state index in [1.807, 2.05) is 54.4 Å². The van der Waals surface area contributed by atoms with E-state index < -0.39 is 17.7 Å². The number of hydrogen-bond donors (Lipinski definition) is 2. The highest BCUT2D eigenvalue weighted by molar-refractivity contribution is 6.08. The van der Waals surface area contributed by atoms with Gasteiger partial charge in [-0.15, -0.1) is 0 Å². The predicted octanol–water partition coefficient (Wildman–Crippen LogP) is 1.71. The number of benzene rings is 2. The van der Waals surface area contributed by atoms with Crippen LogP contribution in [0.4, 0.5) is 4.79 Å². The van der Waals surface area contributed by atoms with Gasteiger partial charge >= 0.3 is 6.03 Å². The third kappa shape index (κ3) is 3.71. The molecule has 2 aliphatic heterocycles. The normalized spacial score (nSPS) is 21.8. The lowest BCUT2D eigenvalue weighted by Gasteiger charge is -2.33. The van der Waals surface area contributed by atoms with Crippen molar-refractivity contribution in [2.45, 2.75) is 24.6 Å². The molecule has 4 rings (SSSR count). The van der Waals surface area contributed by atoms with Gasteiger partial charge in [-0.3, -0.25) is 14.6 Å². The maximum Gasteiger partial charge on any atom is 0.325 e. The highest BCUT2D eigenvalue weighted by atomic mass is 16.5. The van der Waals surface area contributed by atoms with Crippen LogP contribution in [0, 0.1) is 0 Å². The summed E-state index contributed by atoms with van der Waals surface area (Å²) in [4.78, 5) is 28.9. The molecular formula is C22H25N3O4. The Hall–Kier alpha value is -2.90. The van der Waals surface area contributed by atoms with Crippen LogP contribution >= 0.6 is 0 Å². The van der Waals surface area contributed by atoms with Crippen molar-refractivity contribution in [3.8, 4) is 5.75 Å². The molecule has 1 spiro atoms. The summed E-state index contributed by atoms with van der Waals surface area (Å²) < 4.78 is 5.64. The Morgan fingerprint density at radius 2 is 1.90 bits per heavy atom. The van der Waals surface area contributed by atoms with Crippen LogP contribution in [0.3, 0.4) is 0 Å². The second-order valence-corrected chi connectivity index (χ2v) is 7.68. The molecule has 2 aliphatic rings. The van der Waals surface area contributed by atoms with E-state index in [4.69, 9.17) is 4.74 Å². The molecule has 2 aromatic carbocycles. The molecule has 2 aromatic rings. The number of rotatable bonds is 6. The summed E-state index contributed by atoms with van der Waals surface area (Å²) >= 11 is 0. The van der Waals surface area contributed by atoms with Crippen molar-refractivity contribution < 1.29 is 19.4 Å². The number of amides is 3. The number of ether oxygens (including phenoxy) is 1. The number of fused-ring (bicyclic) bond motifs is 2. The van der Waals surface area contributed by atoms with Gasteiger partial charge in [0.25, 0.3) is 5.91 Å². The summed E-state index contributed by atoms with van der Waals surface area (Å²) in [6.07, 6.45) is -0.474. The summed E-state index contributed by atoms with van der Waals surface area (Å²) in [5, 5.41) is 13.4. The molecular weight excluding hydrogens is 370 g/mol. The van der Waals surface area contributed by atoms with Crippen molar-refractivity contribution in [1.29, 1.82) is 0 Å². The van der Waals surface area contributed by atoms with E-state index in [0.717, 1.165) is 10.5 Å². The van der Waals surface area contributed by atoms with Crippen LogP contribution in [0.2, 0.25) is 0 Å². The molecule has 0 bridgehead atoms. The number of imide groups is 1. The average Bonchev–Trinajstić information content (AvgIpc) is 2.94. The number of hydrogen-bond acceptors (Lipinski definition) is 5. The molecule has 1 fully saturated rings. The standard InChI is InChI=1S/C22H25N3O4/c1-24(13-16-7-3-2-4-8-16)14-17(26)15-25-20(27)22(23-21(25)28)11-12-29-19-10-6-5-9-18(19)22/h2-10,17,26H,11-15H2,1H3,(H,23,28). The van der Waals surface area contributed by atoms with Gasteiger partial charge < -0.3 is 15.2 Å². The van der Waals surface area contributed by atoms with E-state index >= 15 is 0 Å². The van der Waals surface area contributed by atoms with Gasteiger partial charge in [0.2, 0.25) is 0 Å². The number of para-hydroxylation sites is 1. The molecule has 0 aliphatic carbocycles. The van der Waals surface area contributed by atoms with Crippen LogP contribution in [-0.4, -0.2) is 59.7 Å². The number of urea groups is 1. The average molecular weight is 395 g/mol. The minimum absolute atomic E-state index is 0.0471. The third-order valence-corrected chi connectivity index (χ3v) is 5.47. The SMILES string of the molecule is CN(Cc1ccccc1)CC(O)CN1C(=O)NC2(CCOc3ccccc32)C1=O. The van der Waals surface area contributed by atoms with Crippen molar-refractivity contribution in [3.63, 3.8) is 0 Å². The van der Waals surface area contributed by atoms with Crippen molar-refractivity contribution >= 4 is 11.9 Å². The second kappa shape index (κ2) is 7.85. The molecule has 2 unspecified atom stereocenters. The summed E-state index contributed by atoms with van der Waals surface area (Å²) in [7, 11) is 1.90. The first-order valence-electron chi connectivity index (χ1n) is 9.76. The minimum atomic E-state index is -1.11. The number of carbonyl (C=O) groups excluding carboxylic acids is 2. The van der Waals surface area contributed by atoms with E-state index in [2.05, 4.69) is 5.32 Å². The number of β-amino-alcohol motifs (C(OH)–C–C–N with tert-alkyl or cyclic N) is 1. The summed E-state index contributed by atoms with van der Waals surface area (Å²) in [6.45, 7) is 1.32. The molecule has 7 nitrogen and oxygen atoms in total. The number of aliphatic hydroxyl groups is 1. The zero-order chi connectivity index (χ0) is 20.4. The van der Waals surface area contributed by atoms with Crippen molar-refractivity contribution in [3.05, 3.63) is 65.7 Å². The molecule has 1 saturated heterocycles. The number of nitrogens with one attached hydrogen (secondary N) is 1. The van der Waals surface area contributed by atoms with Gasteiger partial charge in [0.1, 0.15) is 5.75 Å². The van der Waals surface area contributed by atoms with Crippen LogP contribution in [0.15, 0.2) is 54.6 Å². The summed E-state index contributed by atoms with van der Waals surface area (Å²) in [6, 6.07) is 16.7. The molecule has 0 radical (unpaired) electrons. The maximum absolute atomic E-state index is 13.2. The Bertz CT molecular complexity index is 904. The van der Waals surface area contributed by atoms with Gasteiger partial charge in [-0.2, -0.15) is 0 Å². The Morgan fingerprint density at radius 3 is 2.69 bits per heavy atom. The molecule has 2 N–H and O–H groups in total. The smallest absolute Gasteiger partial charge is 0.325 e. The van der Waals surface area contributed by atoms with Crippen LogP contribution < -0.4 is 10.1 Å². The number of nitrogens with zero attached hydrogens (tertiary/aromatic N) is 2. The molecule has 7 heteroatoms. The predicted molar refractivity (Wildman–Crippen MR) is 107 cm³/mol. The first-order valence-corrected chi connectivity index (χ1v) is 9.76. The summed E-state index contributed by atoms with van der Waals surface area (Å²) in [5.74, 6) is 0.278. The zero-order valence-corrected chi connectivity index (χ0v) is 16.4. The molecule has 2 atom stereocenters. The Kier molecular flexibility index (Phi) is 5.25. The van der Waals surface area contributed by atoms with Crippen molar-refractivity contribution in [2.75, 3.05) is 26.7 Å². The lowest BCUT2D eigenvalue weighted by atomic mass is 9.84. The molecule has 0 saturated carbocycles. The molecule has 2 heterocycles. The van der Waals surface area contributed by atoms with Gasteiger partial charge in [-0.1, -0.05) is 48.5 Å². The van der Waals surface area contributed by atoms with E-state index in [9.17, 15) is 14.7 Å². The van der Waals surface area contributed by atoms with Crippen LogP contribution in [-0.2, 0) is 16.9 Å². The lowest BCUT2D eigenvalue weighted by molar-refractivity contribution is -0.133. The number of carbonyl (C=O) groups is 2. The molecule has 29 heavy (non-hydrogen) atoms. The van der Waals surface area contributed by atoms with Crippen molar-refractivity contribution in [1.82, 2.24) is 15.1 Å². The largest absolute Gasteiger partial charge is 0.493 e. The lowest BCUT2D eigenvalue weighted by Crippen LogP contribution is -2.48. The second-order valence-electron chi connectivity index (χ2n) is 7.68. The summed E-state index contributed by atoms with van der Waals surface area (Å²) in [5.41, 5.74) is 0.694. The quantitative estimate of drug-likeness (QED) is 0.728. The third-order valence-electron chi connectivity index (χ3n) is 5.47. The first-order chi connectivity index (χ1) is 14.0. The van der Waals surface area contributed by atoms with E-state index in [0.29, 0.717) is 37.4 Å². The van der Waals surface area contributed by atoms with Gasteiger partial charge in [0.05, 0.1) is 19.3 Å². The number of likely N-dealkylation sites (N-methyl/N-ethyl adjacent to an activating group) is 1. The number of aliphatic hydroxyl groups excluding tert-OH is 1. The fraction of sp³-hybridized carbons (Fsp3) is 0.364. The van der Waals surface area contributed by atoms with Crippen LogP contribution in [0.5, 0.6) is 5.75 Å². The Balaban J connectivity index is 1.43. The van der Waals surface area contributed by atoms with E-state index in [1.165, 1.54) is 0 Å². The van der Waals surface area contributed by atoms with Gasteiger partial charge in [0, 0.05) is 25.1 Å². The zero-order valence-electron chi connectivity index (χ0n) is 16.4. The topological polar surface area (TPSA) is 82.1 Å². The van der Waals surface area contributed by atoms with Gasteiger partial charge in [-0.25, -0.2) is 4.79 Å². The van der Waals surface area contributed by atoms with Crippen molar-refractivity contribution in [2.24, 2.45) is 0 Å². The highest BCUT2D eigenvalue weighted by Gasteiger charge is 2.55. The first kappa shape index (κ1) is 19.4. The minimum Gasteiger partial charge on any atom is -0.493 e. The van der Waals surface area contributed by atoms with Gasteiger partial charge in [0.15, 0.2) is 5.54 Å². The molecule has 3 amide bonds. The van der Waals surface area contributed by atoms with E-state index in [1.54, 1.807) is 12.1 Å². The fourth-order valence-corrected chi connectivity index (χ4v) is 4.13. The van der Waals surface area contributed by atoms with Crippen LogP contribution in [0.1, 0.15) is 17.5 Å². The fourth-order valence-electron chi connectivity index (χ4n) is 4.13.